The quantitative estimate of drug-likeness (QED) is 0.831. The van der Waals surface area contributed by atoms with Crippen LogP contribution >= 0.6 is 0 Å². The van der Waals surface area contributed by atoms with Gasteiger partial charge >= 0.3 is 0 Å². The minimum atomic E-state index is -0.127. The van der Waals surface area contributed by atoms with E-state index in [1.807, 2.05) is 19.2 Å². The Morgan fingerprint density at radius 1 is 1.44 bits per heavy atom. The minimum absolute atomic E-state index is 0.127. The third-order valence-corrected chi connectivity index (χ3v) is 2.88. The fraction of sp³-hybridized carbons (Fsp3) is 0.615. The summed E-state index contributed by atoms with van der Waals surface area (Å²) in [6.45, 7) is 8.36. The highest BCUT2D eigenvalue weighted by Gasteiger charge is 2.16. The van der Waals surface area contributed by atoms with E-state index in [4.69, 9.17) is 4.74 Å². The van der Waals surface area contributed by atoms with Crippen molar-refractivity contribution in [3.05, 3.63) is 24.0 Å². The number of hydrogen-bond acceptors (Lipinski definition) is 3. The van der Waals surface area contributed by atoms with Gasteiger partial charge in [0.15, 0.2) is 0 Å². The highest BCUT2D eigenvalue weighted by Crippen LogP contribution is 2.21. The number of rotatable bonds is 5. The fourth-order valence-electron chi connectivity index (χ4n) is 1.25. The van der Waals surface area contributed by atoms with Gasteiger partial charge in [-0.2, -0.15) is 0 Å². The zero-order valence-corrected chi connectivity index (χ0v) is 10.9. The van der Waals surface area contributed by atoms with Crippen molar-refractivity contribution in [1.29, 1.82) is 0 Å². The predicted molar refractivity (Wildman–Crippen MR) is 66.7 cm³/mol. The van der Waals surface area contributed by atoms with E-state index in [2.05, 4.69) is 38.0 Å². The molecule has 0 aliphatic carbocycles. The van der Waals surface area contributed by atoms with E-state index >= 15 is 0 Å². The van der Waals surface area contributed by atoms with Gasteiger partial charge in [0.2, 0.25) is 0 Å². The van der Waals surface area contributed by atoms with Gasteiger partial charge in [-0.25, -0.2) is 0 Å². The van der Waals surface area contributed by atoms with Crippen molar-refractivity contribution >= 4 is 0 Å². The Labute approximate surface area is 98.2 Å². The van der Waals surface area contributed by atoms with E-state index in [9.17, 15) is 0 Å². The van der Waals surface area contributed by atoms with Crippen LogP contribution in [0.15, 0.2) is 18.3 Å². The Morgan fingerprint density at radius 3 is 2.56 bits per heavy atom. The molecule has 0 radical (unpaired) electrons. The van der Waals surface area contributed by atoms with Crippen LogP contribution in [0.1, 0.15) is 45.9 Å². The second-order valence-corrected chi connectivity index (χ2v) is 4.64. The maximum absolute atomic E-state index is 5.84. The standard InChI is InChI=1S/C13H22N2O/c1-6-13(3,4)16-11-7-8-12(15-9-11)10(2)14-5/h7-10,14H,6H2,1-5H3. The summed E-state index contributed by atoms with van der Waals surface area (Å²) in [5, 5.41) is 3.16. The maximum atomic E-state index is 5.84. The second-order valence-electron chi connectivity index (χ2n) is 4.64. The van der Waals surface area contributed by atoms with Gasteiger partial charge in [0.1, 0.15) is 11.4 Å². The monoisotopic (exact) mass is 222 g/mol. The van der Waals surface area contributed by atoms with Crippen LogP contribution in [0.3, 0.4) is 0 Å². The highest BCUT2D eigenvalue weighted by molar-refractivity contribution is 5.22. The molecule has 0 saturated carbocycles. The van der Waals surface area contributed by atoms with Crippen molar-refractivity contribution in [1.82, 2.24) is 10.3 Å². The third kappa shape index (κ3) is 3.49. The van der Waals surface area contributed by atoms with Gasteiger partial charge < -0.3 is 10.1 Å². The van der Waals surface area contributed by atoms with Crippen molar-refractivity contribution in [3.63, 3.8) is 0 Å². The normalized spacial score (nSPS) is 13.6. The molecule has 1 heterocycles. The van der Waals surface area contributed by atoms with Gasteiger partial charge in [-0.15, -0.1) is 0 Å². The molecule has 0 aromatic carbocycles. The number of nitrogens with zero attached hydrogens (tertiary/aromatic N) is 1. The first-order chi connectivity index (χ1) is 7.48. The van der Waals surface area contributed by atoms with E-state index in [0.29, 0.717) is 0 Å². The summed E-state index contributed by atoms with van der Waals surface area (Å²) in [6.07, 6.45) is 2.77. The summed E-state index contributed by atoms with van der Waals surface area (Å²) < 4.78 is 5.84. The van der Waals surface area contributed by atoms with E-state index in [1.165, 1.54) is 0 Å². The Hall–Kier alpha value is -1.09. The molecule has 3 nitrogen and oxygen atoms in total. The molecular weight excluding hydrogens is 200 g/mol. The molecule has 90 valence electrons. The lowest BCUT2D eigenvalue weighted by atomic mass is 10.1. The minimum Gasteiger partial charge on any atom is -0.486 e. The lowest BCUT2D eigenvalue weighted by molar-refractivity contribution is 0.105. The molecule has 16 heavy (non-hydrogen) atoms. The second kappa shape index (κ2) is 5.30. The van der Waals surface area contributed by atoms with E-state index in [0.717, 1.165) is 17.9 Å². The Bertz CT molecular complexity index is 319. The number of pyridine rings is 1. The van der Waals surface area contributed by atoms with Crippen LogP contribution in [0.4, 0.5) is 0 Å². The predicted octanol–water partition coefficient (Wildman–Crippen LogP) is 2.93. The first kappa shape index (κ1) is 13.0. The van der Waals surface area contributed by atoms with Crippen molar-refractivity contribution in [2.45, 2.75) is 45.8 Å². The molecule has 1 rings (SSSR count). The van der Waals surface area contributed by atoms with E-state index in [-0.39, 0.29) is 11.6 Å². The number of aromatic nitrogens is 1. The molecule has 1 unspecified atom stereocenters. The molecule has 3 heteroatoms. The van der Waals surface area contributed by atoms with E-state index in [1.54, 1.807) is 6.20 Å². The lowest BCUT2D eigenvalue weighted by Crippen LogP contribution is -2.26. The molecule has 0 spiro atoms. The van der Waals surface area contributed by atoms with Crippen LogP contribution in [0.25, 0.3) is 0 Å². The largest absolute Gasteiger partial charge is 0.486 e. The molecular formula is C13H22N2O. The SMILES string of the molecule is CCC(C)(C)Oc1ccc(C(C)NC)nc1. The molecule has 0 fully saturated rings. The van der Waals surface area contributed by atoms with E-state index < -0.39 is 0 Å². The molecule has 0 bridgehead atoms. The van der Waals surface area contributed by atoms with Crippen LogP contribution in [0.2, 0.25) is 0 Å². The van der Waals surface area contributed by atoms with Gasteiger partial charge in [-0.1, -0.05) is 6.92 Å². The summed E-state index contributed by atoms with van der Waals surface area (Å²) in [5.74, 6) is 0.832. The van der Waals surface area contributed by atoms with Gasteiger partial charge in [-0.05, 0) is 46.4 Å². The zero-order chi connectivity index (χ0) is 12.2. The molecule has 1 atom stereocenters. The summed E-state index contributed by atoms with van der Waals surface area (Å²) in [5.41, 5.74) is 0.904. The lowest BCUT2D eigenvalue weighted by Gasteiger charge is -2.24. The van der Waals surface area contributed by atoms with Crippen molar-refractivity contribution in [2.24, 2.45) is 0 Å². The van der Waals surface area contributed by atoms with Crippen LogP contribution in [-0.4, -0.2) is 17.6 Å². The topological polar surface area (TPSA) is 34.1 Å². The Morgan fingerprint density at radius 2 is 2.12 bits per heavy atom. The molecule has 0 aliphatic heterocycles. The molecule has 1 N–H and O–H groups in total. The molecule has 1 aromatic heterocycles. The van der Waals surface area contributed by atoms with Gasteiger partial charge in [0.05, 0.1) is 11.9 Å². The molecule has 0 saturated heterocycles. The van der Waals surface area contributed by atoms with Gasteiger partial charge in [0.25, 0.3) is 0 Å². The average molecular weight is 222 g/mol. The van der Waals surface area contributed by atoms with Crippen LogP contribution < -0.4 is 10.1 Å². The summed E-state index contributed by atoms with van der Waals surface area (Å²) in [7, 11) is 1.93. The number of nitrogens with one attached hydrogen (secondary N) is 1. The third-order valence-electron chi connectivity index (χ3n) is 2.88. The molecule has 0 amide bonds. The number of ether oxygens (including phenoxy) is 1. The van der Waals surface area contributed by atoms with Crippen molar-refractivity contribution in [2.75, 3.05) is 7.05 Å². The highest BCUT2D eigenvalue weighted by atomic mass is 16.5. The summed E-state index contributed by atoms with van der Waals surface area (Å²) >= 11 is 0. The van der Waals surface area contributed by atoms with Gasteiger partial charge in [0, 0.05) is 6.04 Å². The summed E-state index contributed by atoms with van der Waals surface area (Å²) in [6, 6.07) is 4.25. The first-order valence-corrected chi connectivity index (χ1v) is 5.80. The Balaban J connectivity index is 2.72. The van der Waals surface area contributed by atoms with Gasteiger partial charge in [-0.3, -0.25) is 4.98 Å². The first-order valence-electron chi connectivity index (χ1n) is 5.80. The van der Waals surface area contributed by atoms with Crippen molar-refractivity contribution < 1.29 is 4.74 Å². The molecule has 0 aliphatic rings. The Kier molecular flexibility index (Phi) is 4.30. The van der Waals surface area contributed by atoms with Crippen molar-refractivity contribution in [3.8, 4) is 5.75 Å². The fourth-order valence-corrected chi connectivity index (χ4v) is 1.25. The molecule has 1 aromatic rings. The maximum Gasteiger partial charge on any atom is 0.138 e. The van der Waals surface area contributed by atoms with Crippen LogP contribution in [0, 0.1) is 0 Å². The van der Waals surface area contributed by atoms with Crippen LogP contribution in [0.5, 0.6) is 5.75 Å². The zero-order valence-electron chi connectivity index (χ0n) is 10.9. The summed E-state index contributed by atoms with van der Waals surface area (Å²) in [4.78, 5) is 4.38. The smallest absolute Gasteiger partial charge is 0.138 e. The average Bonchev–Trinajstić information content (AvgIpc) is 2.28. The van der Waals surface area contributed by atoms with Crippen LogP contribution in [-0.2, 0) is 0 Å². The number of hydrogen-bond donors (Lipinski definition) is 1.